The molecule has 0 aromatic heterocycles. The van der Waals surface area contributed by atoms with Crippen molar-refractivity contribution in [2.45, 2.75) is 9.79 Å². The first-order chi connectivity index (χ1) is 4.70. The van der Waals surface area contributed by atoms with Gasteiger partial charge in [-0.3, -0.25) is 0 Å². The van der Waals surface area contributed by atoms with Crippen molar-refractivity contribution < 1.29 is 39.7 Å². The summed E-state index contributed by atoms with van der Waals surface area (Å²) < 4.78 is 19.0. The number of rotatable bonds is 1. The fourth-order valence-corrected chi connectivity index (χ4v) is 1.08. The Morgan fingerprint density at radius 3 is 2.18 bits per heavy atom. The fraction of sp³-hybridized carbons (Fsp3) is 0. The average Bonchev–Trinajstić information content (AvgIpc) is 1.88. The Kier molecular flexibility index (Phi) is 5.68. The largest absolute Gasteiger partial charge is 1.00 e. The Balaban J connectivity index is 0. The van der Waals surface area contributed by atoms with Crippen molar-refractivity contribution in [3.63, 3.8) is 0 Å². The molecule has 0 radical (unpaired) electrons. The van der Waals surface area contributed by atoms with E-state index in [9.17, 15) is 4.21 Å². The summed E-state index contributed by atoms with van der Waals surface area (Å²) in [5.74, 6) is 0. The molecule has 2 nitrogen and oxygen atoms in total. The number of thiol groups is 1. The van der Waals surface area contributed by atoms with Gasteiger partial charge in [-0.1, -0.05) is 0 Å². The van der Waals surface area contributed by atoms with Gasteiger partial charge in [-0.15, -0.1) is 12.6 Å². The normalized spacial score (nSPS) is 11.8. The summed E-state index contributed by atoms with van der Waals surface area (Å²) in [6.45, 7) is 0. The van der Waals surface area contributed by atoms with E-state index in [1.807, 2.05) is 0 Å². The zero-order valence-corrected chi connectivity index (χ0v) is 9.73. The van der Waals surface area contributed by atoms with Crippen molar-refractivity contribution in [1.29, 1.82) is 0 Å². The Morgan fingerprint density at radius 1 is 1.36 bits per heavy atom. The maximum atomic E-state index is 10.4. The Labute approximate surface area is 96.9 Å². The van der Waals surface area contributed by atoms with Gasteiger partial charge in [0.25, 0.3) is 0 Å². The summed E-state index contributed by atoms with van der Waals surface area (Å²) >= 11 is 2.15. The maximum absolute atomic E-state index is 10.4. The smallest absolute Gasteiger partial charge is 1.00 e. The zero-order chi connectivity index (χ0) is 7.56. The van der Waals surface area contributed by atoms with Gasteiger partial charge >= 0.3 is 29.6 Å². The first kappa shape index (κ1) is 11.7. The summed E-state index contributed by atoms with van der Waals surface area (Å²) in [4.78, 5) is 1.19. The second-order valence-electron chi connectivity index (χ2n) is 1.74. The van der Waals surface area contributed by atoms with Crippen molar-refractivity contribution in [3.8, 4) is 0 Å². The molecule has 0 aliphatic heterocycles. The number of benzene rings is 1. The van der Waals surface area contributed by atoms with E-state index >= 15 is 0 Å². The van der Waals surface area contributed by atoms with E-state index in [4.69, 9.17) is 4.55 Å². The molecule has 1 unspecified atom stereocenters. The molecular formula is C6H7NaO2S2. The van der Waals surface area contributed by atoms with Gasteiger partial charge in [0.05, 0.1) is 4.90 Å². The molecule has 56 valence electrons. The molecule has 0 amide bonds. The Bertz CT molecular complexity index is 252. The van der Waals surface area contributed by atoms with Crippen LogP contribution in [-0.2, 0) is 11.1 Å². The first-order valence-electron chi connectivity index (χ1n) is 2.60. The van der Waals surface area contributed by atoms with Crippen molar-refractivity contribution in [2.24, 2.45) is 0 Å². The van der Waals surface area contributed by atoms with Gasteiger partial charge in [0.1, 0.15) is 0 Å². The van der Waals surface area contributed by atoms with E-state index in [1.54, 1.807) is 24.3 Å². The molecular weight excluding hydrogens is 191 g/mol. The predicted octanol–water partition coefficient (Wildman–Crippen LogP) is -1.33. The number of hydrogen-bond donors (Lipinski definition) is 2. The summed E-state index contributed by atoms with van der Waals surface area (Å²) in [7, 11) is 0. The van der Waals surface area contributed by atoms with Gasteiger partial charge < -0.3 is 5.98 Å². The molecule has 5 heteroatoms. The second-order valence-corrected chi connectivity index (χ2v) is 3.23. The van der Waals surface area contributed by atoms with Crippen LogP contribution in [0.5, 0.6) is 0 Å². The van der Waals surface area contributed by atoms with Gasteiger partial charge in [0.15, 0.2) is 11.1 Å². The summed E-state index contributed by atoms with van der Waals surface area (Å²) in [5.41, 5.74) is 0. The van der Waals surface area contributed by atoms with E-state index in [2.05, 4.69) is 12.6 Å². The summed E-state index contributed by atoms with van der Waals surface area (Å²) in [5, 5.41) is 0. The minimum absolute atomic E-state index is 0. The van der Waals surface area contributed by atoms with Crippen molar-refractivity contribution in [3.05, 3.63) is 24.3 Å². The Hall–Kier alpha value is 0.680. The zero-order valence-electron chi connectivity index (χ0n) is 7.02. The molecule has 1 rings (SSSR count). The van der Waals surface area contributed by atoms with Gasteiger partial charge in [-0.25, -0.2) is 4.21 Å². The minimum Gasteiger partial charge on any atom is -1.00 e. The van der Waals surface area contributed by atoms with E-state index in [0.29, 0.717) is 4.90 Å². The predicted molar refractivity (Wildman–Crippen MR) is 43.8 cm³/mol. The molecule has 0 bridgehead atoms. The topological polar surface area (TPSA) is 37.3 Å². The van der Waals surface area contributed by atoms with Gasteiger partial charge in [0.2, 0.25) is 0 Å². The maximum Gasteiger partial charge on any atom is 1.00 e. The molecule has 0 fully saturated rings. The van der Waals surface area contributed by atoms with Crippen molar-refractivity contribution in [2.75, 3.05) is 0 Å². The van der Waals surface area contributed by atoms with Crippen LogP contribution in [0.15, 0.2) is 34.1 Å². The van der Waals surface area contributed by atoms with Gasteiger partial charge in [-0.05, 0) is 24.3 Å². The van der Waals surface area contributed by atoms with E-state index in [1.165, 1.54) is 0 Å². The van der Waals surface area contributed by atoms with Crippen LogP contribution in [0, 0.1) is 0 Å². The molecule has 0 aliphatic rings. The van der Waals surface area contributed by atoms with Crippen molar-refractivity contribution >= 4 is 23.7 Å². The molecule has 11 heavy (non-hydrogen) atoms. The van der Waals surface area contributed by atoms with Crippen LogP contribution in [0.2, 0.25) is 0 Å². The molecule has 1 aromatic rings. The molecule has 1 N–H and O–H groups in total. The van der Waals surface area contributed by atoms with Crippen LogP contribution >= 0.6 is 12.6 Å². The van der Waals surface area contributed by atoms with E-state index < -0.39 is 11.1 Å². The molecule has 0 heterocycles. The van der Waals surface area contributed by atoms with Crippen LogP contribution < -0.4 is 29.6 Å². The monoisotopic (exact) mass is 198 g/mol. The quantitative estimate of drug-likeness (QED) is 0.333. The molecule has 0 aliphatic carbocycles. The molecule has 0 saturated heterocycles. The van der Waals surface area contributed by atoms with E-state index in [-0.39, 0.29) is 31.0 Å². The standard InChI is InChI=1S/C6H6O2S2.Na.H/c7-10(8)6-3-1-5(9)2-4-6;;/h1-4,9H,(H,7,8);;/q;+1;-1. The van der Waals surface area contributed by atoms with Gasteiger partial charge in [0, 0.05) is 4.90 Å². The van der Waals surface area contributed by atoms with Crippen LogP contribution in [0.3, 0.4) is 0 Å². The average molecular weight is 198 g/mol. The Morgan fingerprint density at radius 2 is 1.82 bits per heavy atom. The molecule has 1 atom stereocenters. The molecule has 0 saturated carbocycles. The van der Waals surface area contributed by atoms with Crippen LogP contribution in [0.25, 0.3) is 0 Å². The van der Waals surface area contributed by atoms with Crippen molar-refractivity contribution in [1.82, 2.24) is 0 Å². The minimum atomic E-state index is -1.87. The summed E-state index contributed by atoms with van der Waals surface area (Å²) in [6.07, 6.45) is 0. The third-order valence-corrected chi connectivity index (χ3v) is 2.01. The van der Waals surface area contributed by atoms with Crippen LogP contribution in [-0.4, -0.2) is 8.76 Å². The third kappa shape index (κ3) is 3.73. The third-order valence-electron chi connectivity index (χ3n) is 1.04. The van der Waals surface area contributed by atoms with Crippen LogP contribution in [0.1, 0.15) is 1.43 Å². The van der Waals surface area contributed by atoms with Crippen LogP contribution in [0.4, 0.5) is 0 Å². The second kappa shape index (κ2) is 5.35. The first-order valence-corrected chi connectivity index (χ1v) is 4.15. The molecule has 0 spiro atoms. The van der Waals surface area contributed by atoms with Gasteiger partial charge in [-0.2, -0.15) is 0 Å². The number of hydrogen-bond acceptors (Lipinski definition) is 2. The molecule has 1 aromatic carbocycles. The van der Waals surface area contributed by atoms with E-state index in [0.717, 1.165) is 4.90 Å². The fourth-order valence-electron chi connectivity index (χ4n) is 0.563. The summed E-state index contributed by atoms with van der Waals surface area (Å²) in [6, 6.07) is 6.48. The SMILES string of the molecule is O=S(O)c1ccc(S)cc1.[H-].[Na+].